The van der Waals surface area contributed by atoms with Gasteiger partial charge < -0.3 is 14.4 Å². The number of hydrogen-bond acceptors (Lipinski definition) is 7. The lowest BCUT2D eigenvalue weighted by molar-refractivity contribution is 0.0469. The number of nitrogens with one attached hydrogen (secondary N) is 1. The number of hydrogen-bond donors (Lipinski definition) is 2. The van der Waals surface area contributed by atoms with Crippen molar-refractivity contribution in [1.82, 2.24) is 19.7 Å². The smallest absolute Gasteiger partial charge is 0.439 e. The van der Waals surface area contributed by atoms with Crippen molar-refractivity contribution in [3.05, 3.63) is 104 Å². The third-order valence-electron chi connectivity index (χ3n) is 7.47. The molecule has 0 aliphatic heterocycles. The van der Waals surface area contributed by atoms with Gasteiger partial charge in [0.25, 0.3) is 0 Å². The van der Waals surface area contributed by atoms with Crippen LogP contribution in [0.15, 0.2) is 51.8 Å². The molecule has 9 heteroatoms. The van der Waals surface area contributed by atoms with Crippen LogP contribution in [0.25, 0.3) is 11.1 Å². The van der Waals surface area contributed by atoms with E-state index in [1.165, 1.54) is 5.56 Å². The Kier molecular flexibility index (Phi) is 7.82. The molecule has 1 aliphatic rings. The first-order valence-electron chi connectivity index (χ1n) is 14.1. The quantitative estimate of drug-likeness (QED) is 0.291. The highest BCUT2D eigenvalue weighted by Gasteiger charge is 2.32. The van der Waals surface area contributed by atoms with Crippen molar-refractivity contribution in [2.75, 3.05) is 6.61 Å². The van der Waals surface area contributed by atoms with Crippen LogP contribution in [0.1, 0.15) is 96.7 Å². The first-order chi connectivity index (χ1) is 19.6. The largest absolute Gasteiger partial charge is 0.461 e. The van der Waals surface area contributed by atoms with Gasteiger partial charge in [0.05, 0.1) is 6.61 Å². The molecule has 0 bridgehead atoms. The summed E-state index contributed by atoms with van der Waals surface area (Å²) in [5.74, 6) is 0.0506. The van der Waals surface area contributed by atoms with Crippen molar-refractivity contribution in [3.63, 3.8) is 0 Å². The van der Waals surface area contributed by atoms with Crippen LogP contribution < -0.4 is 5.76 Å². The molecule has 0 unspecified atom stereocenters. The van der Waals surface area contributed by atoms with Crippen LogP contribution in [-0.2, 0) is 36.1 Å². The number of aryl methyl sites for hydroxylation is 3. The molecule has 2 N–H and O–H groups in total. The summed E-state index contributed by atoms with van der Waals surface area (Å²) in [5.41, 5.74) is 6.64. The van der Waals surface area contributed by atoms with Gasteiger partial charge in [-0.25, -0.2) is 14.6 Å². The highest BCUT2D eigenvalue weighted by molar-refractivity contribution is 5.98. The van der Waals surface area contributed by atoms with Gasteiger partial charge in [-0.3, -0.25) is 9.51 Å². The van der Waals surface area contributed by atoms with Crippen molar-refractivity contribution in [1.29, 1.82) is 0 Å². The van der Waals surface area contributed by atoms with E-state index >= 15 is 0 Å². The van der Waals surface area contributed by atoms with Gasteiger partial charge in [0.2, 0.25) is 0 Å². The van der Waals surface area contributed by atoms with Crippen LogP contribution in [0.4, 0.5) is 0 Å². The Morgan fingerprint density at radius 2 is 1.85 bits per heavy atom. The second-order valence-corrected chi connectivity index (χ2v) is 10.9. The van der Waals surface area contributed by atoms with E-state index in [-0.39, 0.29) is 12.3 Å². The van der Waals surface area contributed by atoms with Crippen molar-refractivity contribution in [2.24, 2.45) is 0 Å². The second kappa shape index (κ2) is 11.3. The summed E-state index contributed by atoms with van der Waals surface area (Å²) >= 11 is 0. The Morgan fingerprint density at radius 1 is 1.12 bits per heavy atom. The number of fused-ring (bicyclic) bond motifs is 2. The van der Waals surface area contributed by atoms with Gasteiger partial charge in [-0.2, -0.15) is 0 Å². The lowest BCUT2D eigenvalue weighted by atomic mass is 9.89. The molecule has 2 aromatic heterocycles. The van der Waals surface area contributed by atoms with E-state index < -0.39 is 17.3 Å². The maximum absolute atomic E-state index is 13.2. The number of carbonyl (C=O) groups excluding carboxylic acids is 1. The van der Waals surface area contributed by atoms with E-state index in [1.807, 2.05) is 23.6 Å². The lowest BCUT2D eigenvalue weighted by Crippen LogP contribution is -2.23. The van der Waals surface area contributed by atoms with E-state index in [9.17, 15) is 14.7 Å². The van der Waals surface area contributed by atoms with Gasteiger partial charge in [-0.15, -0.1) is 0 Å². The topological polar surface area (TPSA) is 123 Å². The molecule has 1 aliphatic carbocycles. The molecule has 0 saturated heterocycles. The predicted molar refractivity (Wildman–Crippen MR) is 156 cm³/mol. The molecule has 5 rings (SSSR count). The van der Waals surface area contributed by atoms with Crippen molar-refractivity contribution >= 4 is 17.1 Å². The van der Waals surface area contributed by atoms with E-state index in [2.05, 4.69) is 47.4 Å². The van der Waals surface area contributed by atoms with E-state index in [1.54, 1.807) is 20.8 Å². The molecule has 0 atom stereocenters. The highest BCUT2D eigenvalue weighted by atomic mass is 16.5. The third-order valence-corrected chi connectivity index (χ3v) is 7.47. The minimum absolute atomic E-state index is 0.225. The number of rotatable bonds is 8. The number of nitrogens with zero attached hydrogens (tertiary/aromatic N) is 3. The van der Waals surface area contributed by atoms with Gasteiger partial charge in [0, 0.05) is 18.5 Å². The zero-order valence-electron chi connectivity index (χ0n) is 24.2. The van der Waals surface area contributed by atoms with Gasteiger partial charge >= 0.3 is 11.7 Å². The molecule has 214 valence electrons. The number of aromatic nitrogens is 4. The van der Waals surface area contributed by atoms with Crippen LogP contribution >= 0.6 is 0 Å². The predicted octanol–water partition coefficient (Wildman–Crippen LogP) is 5.04. The van der Waals surface area contributed by atoms with Crippen molar-refractivity contribution < 1.29 is 19.2 Å². The Bertz CT molecular complexity index is 1680. The Hall–Kier alpha value is -4.24. The first kappa shape index (κ1) is 28.3. The fourth-order valence-electron chi connectivity index (χ4n) is 5.61. The standard InChI is InChI=1S/C32H36N4O5/c1-6-10-25-33-28(32(4,5)39)27(30(37)40-7-2)36(25)18-20-13-16-24-22(17-20)15-14-21-11-8-9-12-23(21)26(24)19(3)29-34-31(38)41-35-29/h8-9,11-13,16-17,39H,6-7,10,14-15,18H2,1-5H3,(H,34,35,38). The monoisotopic (exact) mass is 556 g/mol. The molecule has 0 radical (unpaired) electrons. The Morgan fingerprint density at radius 3 is 2.54 bits per heavy atom. The first-order valence-corrected chi connectivity index (χ1v) is 14.1. The SMILES string of the molecule is CCCc1nc(C(C)(C)O)c(C(=O)OCC)n1Cc1ccc2c(c1)CCc1ccccc1C2=C(C)c1noc(=O)[nH]1. The maximum atomic E-state index is 13.2. The molecule has 0 saturated carbocycles. The second-order valence-electron chi connectivity index (χ2n) is 10.9. The molecule has 41 heavy (non-hydrogen) atoms. The molecular weight excluding hydrogens is 520 g/mol. The summed E-state index contributed by atoms with van der Waals surface area (Å²) in [6.45, 7) is 9.67. The van der Waals surface area contributed by atoms with Gasteiger partial charge in [0.15, 0.2) is 11.5 Å². The zero-order chi connectivity index (χ0) is 29.3. The highest BCUT2D eigenvalue weighted by Crippen LogP contribution is 2.38. The van der Waals surface area contributed by atoms with Crippen LogP contribution in [0.2, 0.25) is 0 Å². The average Bonchev–Trinajstić information content (AvgIpc) is 3.48. The molecule has 9 nitrogen and oxygen atoms in total. The minimum Gasteiger partial charge on any atom is -0.461 e. The average molecular weight is 557 g/mol. The fourth-order valence-corrected chi connectivity index (χ4v) is 5.61. The number of H-pyrrole nitrogens is 1. The summed E-state index contributed by atoms with van der Waals surface area (Å²) in [6, 6.07) is 14.6. The fraction of sp³-hybridized carbons (Fsp3) is 0.375. The Balaban J connectivity index is 1.64. The maximum Gasteiger partial charge on any atom is 0.439 e. The Labute approximate surface area is 238 Å². The van der Waals surface area contributed by atoms with Gasteiger partial charge in [-0.1, -0.05) is 54.5 Å². The molecule has 0 spiro atoms. The van der Waals surface area contributed by atoms with Crippen LogP contribution in [0.5, 0.6) is 0 Å². The normalized spacial score (nSPS) is 14.3. The van der Waals surface area contributed by atoms with Gasteiger partial charge in [0.1, 0.15) is 17.1 Å². The lowest BCUT2D eigenvalue weighted by Gasteiger charge is -2.18. The van der Waals surface area contributed by atoms with Crippen molar-refractivity contribution in [2.45, 2.75) is 72.4 Å². The number of benzene rings is 2. The zero-order valence-corrected chi connectivity index (χ0v) is 24.2. The number of esters is 1. The van der Waals surface area contributed by atoms with Crippen LogP contribution in [-0.4, -0.2) is 37.4 Å². The molecule has 2 aromatic carbocycles. The molecule has 2 heterocycles. The van der Waals surface area contributed by atoms with Crippen LogP contribution in [0.3, 0.4) is 0 Å². The number of imidazole rings is 1. The molecule has 0 fully saturated rings. The molecule has 0 amide bonds. The number of aliphatic hydroxyl groups is 1. The molecule has 4 aromatic rings. The van der Waals surface area contributed by atoms with E-state index in [0.29, 0.717) is 24.5 Å². The van der Waals surface area contributed by atoms with Crippen molar-refractivity contribution in [3.8, 4) is 0 Å². The molecular formula is C32H36N4O5. The minimum atomic E-state index is -1.31. The summed E-state index contributed by atoms with van der Waals surface area (Å²) in [7, 11) is 0. The third kappa shape index (κ3) is 5.54. The van der Waals surface area contributed by atoms with Gasteiger partial charge in [-0.05, 0) is 80.3 Å². The van der Waals surface area contributed by atoms with E-state index in [4.69, 9.17) is 14.2 Å². The van der Waals surface area contributed by atoms with Crippen LogP contribution in [0, 0.1) is 0 Å². The summed E-state index contributed by atoms with van der Waals surface area (Å²) in [5, 5.41) is 14.8. The summed E-state index contributed by atoms with van der Waals surface area (Å²) in [4.78, 5) is 32.3. The number of ether oxygens (including phenoxy) is 1. The summed E-state index contributed by atoms with van der Waals surface area (Å²) in [6.07, 6.45) is 3.16. The van der Waals surface area contributed by atoms with E-state index in [0.717, 1.165) is 58.5 Å². The number of carbonyl (C=O) groups is 1. The summed E-state index contributed by atoms with van der Waals surface area (Å²) < 4.78 is 12.1. The number of aromatic amines is 1. The number of allylic oxidation sites excluding steroid dienone is 1.